The molecule has 0 unspecified atom stereocenters. The summed E-state index contributed by atoms with van der Waals surface area (Å²) in [7, 11) is 0. The summed E-state index contributed by atoms with van der Waals surface area (Å²) in [6.45, 7) is 2.25. The number of ether oxygens (including phenoxy) is 1. The van der Waals surface area contributed by atoms with Crippen LogP contribution < -0.4 is 15.7 Å². The van der Waals surface area contributed by atoms with Gasteiger partial charge in [0.05, 0.1) is 29.6 Å². The number of thioether (sulfide) groups is 1. The maximum absolute atomic E-state index is 13.8. The van der Waals surface area contributed by atoms with Gasteiger partial charge in [-0.25, -0.2) is 10.4 Å². The molecule has 0 atom stereocenters. The molecule has 0 radical (unpaired) electrons. The van der Waals surface area contributed by atoms with Crippen LogP contribution in [0.2, 0.25) is 0 Å². The third kappa shape index (κ3) is 5.50. The Kier molecular flexibility index (Phi) is 8.15. The van der Waals surface area contributed by atoms with Crippen LogP contribution >= 0.6 is 39.0 Å². The molecule has 4 aromatic rings. The normalized spacial score (nSPS) is 13.1. The number of aromatic nitrogens is 2. The van der Waals surface area contributed by atoms with Gasteiger partial charge in [-0.05, 0) is 74.6 Å². The second-order valence-corrected chi connectivity index (χ2v) is 11.6. The van der Waals surface area contributed by atoms with E-state index in [1.165, 1.54) is 22.9 Å². The number of thiophene rings is 1. The molecule has 1 amide bonds. The number of hydrogen-bond acceptors (Lipinski definition) is 8. The van der Waals surface area contributed by atoms with E-state index in [9.17, 15) is 14.7 Å². The number of fused-ring (bicyclic) bond motifs is 3. The van der Waals surface area contributed by atoms with Crippen LogP contribution in [0.15, 0.2) is 62.0 Å². The number of hydrazone groups is 1. The minimum absolute atomic E-state index is 0.00186. The van der Waals surface area contributed by atoms with Crippen LogP contribution in [0, 0.1) is 0 Å². The largest absolute Gasteiger partial charge is 0.504 e. The van der Waals surface area contributed by atoms with Crippen molar-refractivity contribution < 1.29 is 14.6 Å². The molecule has 2 aromatic carbocycles. The number of halogens is 1. The molecule has 1 aliphatic rings. The van der Waals surface area contributed by atoms with E-state index >= 15 is 0 Å². The lowest BCUT2D eigenvalue weighted by Crippen LogP contribution is -2.24. The molecule has 5 rings (SSSR count). The van der Waals surface area contributed by atoms with E-state index in [0.29, 0.717) is 34.1 Å². The predicted octanol–water partition coefficient (Wildman–Crippen LogP) is 5.44. The van der Waals surface area contributed by atoms with E-state index in [4.69, 9.17) is 9.72 Å². The number of aryl methyl sites for hydroxylation is 2. The Labute approximate surface area is 235 Å². The molecule has 2 N–H and O–H groups in total. The number of nitrogens with one attached hydrogen (secondary N) is 1. The highest BCUT2D eigenvalue weighted by molar-refractivity contribution is 9.10. The van der Waals surface area contributed by atoms with Crippen LogP contribution in [0.4, 0.5) is 0 Å². The first-order valence-electron chi connectivity index (χ1n) is 12.2. The monoisotopic (exact) mass is 612 g/mol. The van der Waals surface area contributed by atoms with Crippen molar-refractivity contribution in [2.45, 2.75) is 37.8 Å². The molecule has 1 aliphatic carbocycles. The summed E-state index contributed by atoms with van der Waals surface area (Å²) < 4.78 is 7.87. The topological polar surface area (TPSA) is 106 Å². The summed E-state index contributed by atoms with van der Waals surface area (Å²) in [6.07, 6.45) is 5.42. The van der Waals surface area contributed by atoms with Gasteiger partial charge in [0.25, 0.3) is 11.5 Å². The van der Waals surface area contributed by atoms with Crippen molar-refractivity contribution in [1.82, 2.24) is 15.0 Å². The number of para-hydroxylation sites is 1. The Morgan fingerprint density at radius 3 is 2.84 bits per heavy atom. The fraction of sp³-hybridized carbons (Fsp3) is 0.259. The number of amides is 1. The molecular formula is C27H25BrN4O4S2. The Hall–Kier alpha value is -3.15. The molecule has 8 nitrogen and oxygen atoms in total. The predicted molar refractivity (Wildman–Crippen MR) is 155 cm³/mol. The lowest BCUT2D eigenvalue weighted by atomic mass is 9.97. The summed E-state index contributed by atoms with van der Waals surface area (Å²) >= 11 is 6.21. The standard InChI is InChI=1S/C27H25BrN4O4S2/c1-2-36-20-8-5-6-16(24(20)34)14-29-31-22(33)15-37-27-30-25-23(19-7-3-4-9-21(19)38-25)26(35)32(27)18-12-10-17(28)11-13-18/h5-6,8,10-14,34H,2-4,7,9,15H2,1H3,(H,31,33)/b29-14+. The number of hydrogen-bond donors (Lipinski definition) is 2. The lowest BCUT2D eigenvalue weighted by Gasteiger charge is -2.13. The van der Waals surface area contributed by atoms with Crippen molar-refractivity contribution in [1.29, 1.82) is 0 Å². The molecule has 2 heterocycles. The van der Waals surface area contributed by atoms with Gasteiger partial charge in [0.15, 0.2) is 16.7 Å². The number of nitrogens with zero attached hydrogens (tertiary/aromatic N) is 3. The summed E-state index contributed by atoms with van der Waals surface area (Å²) in [5, 5.41) is 15.4. The SMILES string of the molecule is CCOc1cccc(/C=N/NC(=O)CSc2nc3sc4c(c3c(=O)n2-c2ccc(Br)cc2)CCCC4)c1O. The number of carbonyl (C=O) groups excluding carboxylic acids is 1. The number of aromatic hydroxyl groups is 1. The average molecular weight is 614 g/mol. The van der Waals surface area contributed by atoms with Gasteiger partial charge in [0.2, 0.25) is 0 Å². The van der Waals surface area contributed by atoms with Gasteiger partial charge >= 0.3 is 0 Å². The third-order valence-corrected chi connectivity index (χ3v) is 8.75. The number of phenolic OH excluding ortho intramolecular Hbond substituents is 1. The molecule has 0 saturated heterocycles. The Morgan fingerprint density at radius 1 is 1.26 bits per heavy atom. The quantitative estimate of drug-likeness (QED) is 0.119. The minimum atomic E-state index is -0.367. The van der Waals surface area contributed by atoms with Crippen molar-refractivity contribution in [3.8, 4) is 17.2 Å². The number of phenols is 1. The van der Waals surface area contributed by atoms with Gasteiger partial charge in [-0.15, -0.1) is 11.3 Å². The first-order valence-corrected chi connectivity index (χ1v) is 14.8. The first-order chi connectivity index (χ1) is 18.5. The molecule has 0 aliphatic heterocycles. The van der Waals surface area contributed by atoms with Crippen LogP contribution in [0.3, 0.4) is 0 Å². The highest BCUT2D eigenvalue weighted by Crippen LogP contribution is 2.35. The summed E-state index contributed by atoms with van der Waals surface area (Å²) in [5.74, 6) is -0.0618. The van der Waals surface area contributed by atoms with E-state index in [2.05, 4.69) is 26.5 Å². The number of rotatable bonds is 8. The van der Waals surface area contributed by atoms with E-state index in [1.54, 1.807) is 34.1 Å². The average Bonchev–Trinajstić information content (AvgIpc) is 3.29. The van der Waals surface area contributed by atoms with Crippen LogP contribution in [0.5, 0.6) is 11.5 Å². The van der Waals surface area contributed by atoms with Crippen molar-refractivity contribution in [3.05, 3.63) is 73.3 Å². The summed E-state index contributed by atoms with van der Waals surface area (Å²) in [6, 6.07) is 12.5. The van der Waals surface area contributed by atoms with Gasteiger partial charge in [-0.3, -0.25) is 14.2 Å². The molecule has 196 valence electrons. The summed E-state index contributed by atoms with van der Waals surface area (Å²) in [4.78, 5) is 33.2. The third-order valence-electron chi connectivity index (χ3n) is 6.10. The van der Waals surface area contributed by atoms with Crippen molar-refractivity contribution >= 4 is 61.4 Å². The van der Waals surface area contributed by atoms with Gasteiger partial charge < -0.3 is 9.84 Å². The van der Waals surface area contributed by atoms with E-state index in [1.807, 2.05) is 31.2 Å². The smallest absolute Gasteiger partial charge is 0.267 e. The maximum Gasteiger partial charge on any atom is 0.267 e. The van der Waals surface area contributed by atoms with E-state index < -0.39 is 0 Å². The van der Waals surface area contributed by atoms with E-state index in [0.717, 1.165) is 40.5 Å². The minimum Gasteiger partial charge on any atom is -0.504 e. The van der Waals surface area contributed by atoms with Gasteiger partial charge in [0.1, 0.15) is 4.83 Å². The molecule has 2 aromatic heterocycles. The van der Waals surface area contributed by atoms with Crippen molar-refractivity contribution in [3.63, 3.8) is 0 Å². The Morgan fingerprint density at radius 2 is 2.05 bits per heavy atom. The van der Waals surface area contributed by atoms with Crippen LogP contribution in [0.1, 0.15) is 35.8 Å². The summed E-state index contributed by atoms with van der Waals surface area (Å²) in [5.41, 5.74) is 4.60. The van der Waals surface area contributed by atoms with Gasteiger partial charge in [0, 0.05) is 14.9 Å². The van der Waals surface area contributed by atoms with Crippen LogP contribution in [0.25, 0.3) is 15.9 Å². The fourth-order valence-corrected chi connectivity index (χ4v) is 6.72. The van der Waals surface area contributed by atoms with Crippen LogP contribution in [-0.4, -0.2) is 39.1 Å². The molecule has 0 spiro atoms. The fourth-order valence-electron chi connectivity index (χ4n) is 4.35. The van der Waals surface area contributed by atoms with Crippen molar-refractivity contribution in [2.75, 3.05) is 12.4 Å². The van der Waals surface area contributed by atoms with Gasteiger partial charge in [-0.1, -0.05) is 33.8 Å². The zero-order chi connectivity index (χ0) is 26.6. The molecule has 0 saturated carbocycles. The molecular weight excluding hydrogens is 588 g/mol. The maximum atomic E-state index is 13.8. The zero-order valence-corrected chi connectivity index (χ0v) is 23.8. The van der Waals surface area contributed by atoms with Gasteiger partial charge in [-0.2, -0.15) is 5.10 Å². The Bertz CT molecular complexity index is 1580. The second-order valence-electron chi connectivity index (χ2n) is 8.61. The first kappa shape index (κ1) is 26.5. The lowest BCUT2D eigenvalue weighted by molar-refractivity contribution is -0.118. The molecule has 0 fully saturated rings. The second kappa shape index (κ2) is 11.7. The Balaban J connectivity index is 1.39. The number of benzene rings is 2. The van der Waals surface area contributed by atoms with Crippen LogP contribution in [-0.2, 0) is 17.6 Å². The molecule has 11 heteroatoms. The van der Waals surface area contributed by atoms with E-state index in [-0.39, 0.29) is 23.0 Å². The molecule has 0 bridgehead atoms. The number of carbonyl (C=O) groups is 1. The zero-order valence-electron chi connectivity index (χ0n) is 20.6. The molecule has 38 heavy (non-hydrogen) atoms. The highest BCUT2D eigenvalue weighted by Gasteiger charge is 2.23. The van der Waals surface area contributed by atoms with Crippen molar-refractivity contribution in [2.24, 2.45) is 5.10 Å². The highest BCUT2D eigenvalue weighted by atomic mass is 79.9.